The SMILES string of the molecule is NCC1CCC(C(=O)Nc2cc([N+](=O)[O-])ccc2F)O1. The van der Waals surface area contributed by atoms with E-state index < -0.39 is 22.8 Å². The van der Waals surface area contributed by atoms with Gasteiger partial charge in [-0.1, -0.05) is 0 Å². The number of hydrogen-bond acceptors (Lipinski definition) is 5. The van der Waals surface area contributed by atoms with Gasteiger partial charge >= 0.3 is 0 Å². The smallest absolute Gasteiger partial charge is 0.271 e. The molecule has 1 amide bonds. The molecule has 1 aliphatic heterocycles. The van der Waals surface area contributed by atoms with Crippen LogP contribution in [0.4, 0.5) is 15.8 Å². The molecule has 1 aliphatic rings. The summed E-state index contributed by atoms with van der Waals surface area (Å²) in [5.41, 5.74) is 4.90. The molecule has 1 aromatic carbocycles. The quantitative estimate of drug-likeness (QED) is 0.637. The molecule has 8 heteroatoms. The molecule has 1 aromatic rings. The summed E-state index contributed by atoms with van der Waals surface area (Å²) in [6.45, 7) is 0.314. The standard InChI is InChI=1S/C12H14FN3O4/c13-9-3-1-7(16(18)19)5-10(9)15-12(17)11-4-2-8(6-14)20-11/h1,3,5,8,11H,2,4,6,14H2,(H,15,17). The highest BCUT2D eigenvalue weighted by Crippen LogP contribution is 2.24. The number of nitrogens with zero attached hydrogens (tertiary/aromatic N) is 1. The molecular weight excluding hydrogens is 269 g/mol. The number of halogens is 1. The first-order chi connectivity index (χ1) is 9.51. The summed E-state index contributed by atoms with van der Waals surface area (Å²) in [7, 11) is 0. The number of anilines is 1. The van der Waals surface area contributed by atoms with Crippen molar-refractivity contribution in [1.82, 2.24) is 0 Å². The van der Waals surface area contributed by atoms with Crippen molar-refractivity contribution in [2.75, 3.05) is 11.9 Å². The second kappa shape index (κ2) is 5.93. The van der Waals surface area contributed by atoms with E-state index in [1.165, 1.54) is 0 Å². The lowest BCUT2D eigenvalue weighted by Crippen LogP contribution is -2.30. The summed E-state index contributed by atoms with van der Waals surface area (Å²) in [6, 6.07) is 2.94. The van der Waals surface area contributed by atoms with Crippen LogP contribution in [0, 0.1) is 15.9 Å². The molecule has 0 radical (unpaired) electrons. The van der Waals surface area contributed by atoms with Crippen LogP contribution >= 0.6 is 0 Å². The predicted molar refractivity (Wildman–Crippen MR) is 68.6 cm³/mol. The van der Waals surface area contributed by atoms with E-state index in [0.717, 1.165) is 18.2 Å². The molecule has 2 atom stereocenters. The number of non-ortho nitro benzene ring substituents is 1. The van der Waals surface area contributed by atoms with Crippen LogP contribution in [0.1, 0.15) is 12.8 Å². The highest BCUT2D eigenvalue weighted by Gasteiger charge is 2.30. The topological polar surface area (TPSA) is 107 Å². The van der Waals surface area contributed by atoms with Crippen LogP contribution < -0.4 is 11.1 Å². The molecule has 0 aromatic heterocycles. The monoisotopic (exact) mass is 283 g/mol. The largest absolute Gasteiger partial charge is 0.364 e. The van der Waals surface area contributed by atoms with Gasteiger partial charge < -0.3 is 15.8 Å². The summed E-state index contributed by atoms with van der Waals surface area (Å²) in [4.78, 5) is 21.9. The molecule has 0 aliphatic carbocycles. The molecule has 3 N–H and O–H groups in total. The van der Waals surface area contributed by atoms with E-state index >= 15 is 0 Å². The van der Waals surface area contributed by atoms with Crippen LogP contribution in [0.15, 0.2) is 18.2 Å². The van der Waals surface area contributed by atoms with E-state index in [1.54, 1.807) is 0 Å². The van der Waals surface area contributed by atoms with Crippen LogP contribution in [0.3, 0.4) is 0 Å². The van der Waals surface area contributed by atoms with E-state index in [-0.39, 0.29) is 17.5 Å². The van der Waals surface area contributed by atoms with Crippen LogP contribution in [0.2, 0.25) is 0 Å². The van der Waals surface area contributed by atoms with E-state index in [9.17, 15) is 19.3 Å². The molecule has 7 nitrogen and oxygen atoms in total. The van der Waals surface area contributed by atoms with Gasteiger partial charge in [0.15, 0.2) is 0 Å². The van der Waals surface area contributed by atoms with Gasteiger partial charge in [-0.05, 0) is 18.9 Å². The van der Waals surface area contributed by atoms with Gasteiger partial charge in [0.05, 0.1) is 16.7 Å². The lowest BCUT2D eigenvalue weighted by Gasteiger charge is -2.13. The van der Waals surface area contributed by atoms with Crippen LogP contribution in [-0.2, 0) is 9.53 Å². The van der Waals surface area contributed by atoms with Gasteiger partial charge in [0, 0.05) is 18.7 Å². The number of ether oxygens (including phenoxy) is 1. The number of nitrogens with two attached hydrogens (primary N) is 1. The van der Waals surface area contributed by atoms with Crippen molar-refractivity contribution in [3.63, 3.8) is 0 Å². The predicted octanol–water partition coefficient (Wildman–Crippen LogP) is 1.18. The first-order valence-corrected chi connectivity index (χ1v) is 6.11. The number of carbonyl (C=O) groups excluding carboxylic acids is 1. The first kappa shape index (κ1) is 14.4. The van der Waals surface area contributed by atoms with Crippen molar-refractivity contribution in [3.05, 3.63) is 34.1 Å². The maximum absolute atomic E-state index is 13.5. The minimum atomic E-state index is -0.739. The zero-order valence-corrected chi connectivity index (χ0v) is 10.5. The summed E-state index contributed by atoms with van der Waals surface area (Å²) in [5, 5.41) is 12.9. The zero-order chi connectivity index (χ0) is 14.7. The van der Waals surface area contributed by atoms with Crippen molar-refractivity contribution in [3.8, 4) is 0 Å². The molecule has 0 bridgehead atoms. The number of nitrogens with one attached hydrogen (secondary N) is 1. The van der Waals surface area contributed by atoms with E-state index in [2.05, 4.69) is 5.32 Å². The first-order valence-electron chi connectivity index (χ1n) is 6.11. The Balaban J connectivity index is 2.08. The fraction of sp³-hybridized carbons (Fsp3) is 0.417. The van der Waals surface area contributed by atoms with Gasteiger partial charge in [-0.25, -0.2) is 4.39 Å². The van der Waals surface area contributed by atoms with Gasteiger partial charge in [0.2, 0.25) is 0 Å². The normalized spacial score (nSPS) is 21.7. The van der Waals surface area contributed by atoms with Crippen LogP contribution in [0.5, 0.6) is 0 Å². The Morgan fingerprint density at radius 3 is 2.90 bits per heavy atom. The Hall–Kier alpha value is -2.06. The summed E-state index contributed by atoms with van der Waals surface area (Å²) in [6.07, 6.45) is 0.263. The molecule has 1 heterocycles. The molecule has 1 fully saturated rings. The third kappa shape index (κ3) is 3.09. The average Bonchev–Trinajstić information content (AvgIpc) is 2.89. The highest BCUT2D eigenvalue weighted by atomic mass is 19.1. The maximum Gasteiger partial charge on any atom is 0.271 e. The van der Waals surface area contributed by atoms with Crippen molar-refractivity contribution < 1.29 is 18.8 Å². The number of amides is 1. The average molecular weight is 283 g/mol. The summed E-state index contributed by atoms with van der Waals surface area (Å²) in [5.74, 6) is -1.27. The number of benzene rings is 1. The molecule has 20 heavy (non-hydrogen) atoms. The third-order valence-electron chi connectivity index (χ3n) is 3.08. The van der Waals surface area contributed by atoms with E-state index in [0.29, 0.717) is 19.4 Å². The minimum absolute atomic E-state index is 0.180. The van der Waals surface area contributed by atoms with Gasteiger partial charge in [-0.2, -0.15) is 0 Å². The Bertz CT molecular complexity index is 537. The molecule has 2 rings (SSSR count). The number of carbonyl (C=O) groups is 1. The number of nitro groups is 1. The lowest BCUT2D eigenvalue weighted by atomic mass is 10.2. The van der Waals surface area contributed by atoms with Gasteiger partial charge in [-0.3, -0.25) is 14.9 Å². The Labute approximate surface area is 114 Å². The van der Waals surface area contributed by atoms with Crippen LogP contribution in [-0.4, -0.2) is 29.6 Å². The number of nitro benzene ring substituents is 1. The molecule has 108 valence electrons. The molecule has 0 spiro atoms. The van der Waals surface area contributed by atoms with Crippen molar-refractivity contribution in [2.24, 2.45) is 5.73 Å². The Morgan fingerprint density at radius 1 is 1.55 bits per heavy atom. The third-order valence-corrected chi connectivity index (χ3v) is 3.08. The highest BCUT2D eigenvalue weighted by molar-refractivity contribution is 5.94. The summed E-state index contributed by atoms with van der Waals surface area (Å²) < 4.78 is 18.9. The van der Waals surface area contributed by atoms with Gasteiger partial charge in [-0.15, -0.1) is 0 Å². The van der Waals surface area contributed by atoms with Crippen molar-refractivity contribution in [2.45, 2.75) is 25.0 Å². The van der Waals surface area contributed by atoms with Gasteiger partial charge in [0.25, 0.3) is 11.6 Å². The molecule has 0 saturated carbocycles. The number of rotatable bonds is 4. The zero-order valence-electron chi connectivity index (χ0n) is 10.5. The van der Waals surface area contributed by atoms with E-state index in [4.69, 9.17) is 10.5 Å². The minimum Gasteiger partial charge on any atom is -0.364 e. The van der Waals surface area contributed by atoms with E-state index in [1.807, 2.05) is 0 Å². The Kier molecular flexibility index (Phi) is 4.26. The molecule has 1 saturated heterocycles. The second-order valence-corrected chi connectivity index (χ2v) is 4.47. The van der Waals surface area contributed by atoms with Crippen molar-refractivity contribution in [1.29, 1.82) is 0 Å². The fourth-order valence-corrected chi connectivity index (χ4v) is 2.01. The fourth-order valence-electron chi connectivity index (χ4n) is 2.01. The second-order valence-electron chi connectivity index (χ2n) is 4.47. The molecule has 2 unspecified atom stereocenters. The van der Waals surface area contributed by atoms with Crippen molar-refractivity contribution >= 4 is 17.3 Å². The van der Waals surface area contributed by atoms with Gasteiger partial charge in [0.1, 0.15) is 11.9 Å². The maximum atomic E-state index is 13.5. The number of hydrogen-bond donors (Lipinski definition) is 2. The van der Waals surface area contributed by atoms with Crippen LogP contribution in [0.25, 0.3) is 0 Å². The summed E-state index contributed by atoms with van der Waals surface area (Å²) >= 11 is 0. The lowest BCUT2D eigenvalue weighted by molar-refractivity contribution is -0.384. The Morgan fingerprint density at radius 2 is 2.30 bits per heavy atom. The molecular formula is C12H14FN3O4.